The zero-order chi connectivity index (χ0) is 20.9. The number of carbonyl (C=O) groups is 1. The van der Waals surface area contributed by atoms with Crippen LogP contribution < -0.4 is 10.6 Å². The van der Waals surface area contributed by atoms with E-state index in [1.54, 1.807) is 29.1 Å². The number of rotatable bonds is 7. The van der Waals surface area contributed by atoms with E-state index in [0.29, 0.717) is 30.2 Å². The molecule has 0 aliphatic rings. The minimum absolute atomic E-state index is 0.158. The van der Waals surface area contributed by atoms with Gasteiger partial charge in [-0.1, -0.05) is 6.07 Å². The Morgan fingerprint density at radius 2 is 2.00 bits per heavy atom. The average molecular weight is 403 g/mol. The fourth-order valence-electron chi connectivity index (χ4n) is 2.94. The zero-order valence-electron chi connectivity index (χ0n) is 16.6. The lowest BCUT2D eigenvalue weighted by atomic mass is 10.2. The zero-order valence-corrected chi connectivity index (χ0v) is 16.6. The number of aromatic nitrogens is 7. The second-order valence-corrected chi connectivity index (χ2v) is 6.69. The lowest BCUT2D eigenvalue weighted by Crippen LogP contribution is -2.23. The Morgan fingerprint density at radius 1 is 1.10 bits per heavy atom. The summed E-state index contributed by atoms with van der Waals surface area (Å²) in [4.78, 5) is 20.6. The van der Waals surface area contributed by atoms with E-state index in [4.69, 9.17) is 0 Å². The van der Waals surface area contributed by atoms with Crippen molar-refractivity contribution in [2.75, 3.05) is 5.32 Å². The summed E-state index contributed by atoms with van der Waals surface area (Å²) in [6.45, 7) is 0.829. The third kappa shape index (κ3) is 4.32. The number of aryl methyl sites for hydroxylation is 1. The van der Waals surface area contributed by atoms with Crippen LogP contribution in [0.25, 0.3) is 11.5 Å². The van der Waals surface area contributed by atoms with E-state index in [9.17, 15) is 4.79 Å². The molecule has 0 bridgehead atoms. The number of nitrogens with one attached hydrogen (secondary N) is 2. The molecule has 0 aliphatic carbocycles. The van der Waals surface area contributed by atoms with Crippen LogP contribution in [0.3, 0.4) is 0 Å². The summed E-state index contributed by atoms with van der Waals surface area (Å²) < 4.78 is 3.58. The molecule has 152 valence electrons. The number of anilines is 1. The van der Waals surface area contributed by atoms with Crippen molar-refractivity contribution in [1.82, 2.24) is 39.8 Å². The standard InChI is InChI=1S/C20H21N9O/c1-28-9-7-16(27-28)11-23-20(30)14-4-3-5-15(10-14)22-12-18-25-26-19(29(18)2)17-6-8-21-13-24-17/h3-10,13,22H,11-12H2,1-2H3,(H,23,30). The molecule has 10 nitrogen and oxygen atoms in total. The third-order valence-electron chi connectivity index (χ3n) is 4.55. The molecule has 0 atom stereocenters. The SMILES string of the molecule is Cn1ccc(CNC(=O)c2cccc(NCc3nnc(-c4ccncn4)n3C)c2)n1. The Balaban J connectivity index is 1.39. The van der Waals surface area contributed by atoms with E-state index in [1.807, 2.05) is 43.1 Å². The summed E-state index contributed by atoms with van der Waals surface area (Å²) in [5.74, 6) is 1.25. The van der Waals surface area contributed by atoms with Gasteiger partial charge in [-0.2, -0.15) is 5.10 Å². The van der Waals surface area contributed by atoms with Gasteiger partial charge in [0.15, 0.2) is 11.6 Å². The summed E-state index contributed by atoms with van der Waals surface area (Å²) in [7, 11) is 3.73. The van der Waals surface area contributed by atoms with E-state index < -0.39 is 0 Å². The van der Waals surface area contributed by atoms with Crippen LogP contribution in [0.1, 0.15) is 21.9 Å². The lowest BCUT2D eigenvalue weighted by molar-refractivity contribution is 0.0950. The monoisotopic (exact) mass is 403 g/mol. The maximum absolute atomic E-state index is 12.5. The molecule has 30 heavy (non-hydrogen) atoms. The quantitative estimate of drug-likeness (QED) is 0.481. The van der Waals surface area contributed by atoms with Crippen molar-refractivity contribution in [3.05, 3.63) is 72.2 Å². The van der Waals surface area contributed by atoms with E-state index in [1.165, 1.54) is 6.33 Å². The summed E-state index contributed by atoms with van der Waals surface area (Å²) in [5.41, 5.74) is 2.89. The first-order valence-electron chi connectivity index (χ1n) is 9.35. The van der Waals surface area contributed by atoms with Crippen LogP contribution in [0.15, 0.2) is 55.1 Å². The van der Waals surface area contributed by atoms with Crippen molar-refractivity contribution < 1.29 is 4.79 Å². The number of hydrogen-bond donors (Lipinski definition) is 2. The molecular weight excluding hydrogens is 382 g/mol. The minimum atomic E-state index is -0.158. The highest BCUT2D eigenvalue weighted by Gasteiger charge is 2.12. The van der Waals surface area contributed by atoms with Gasteiger partial charge in [0.25, 0.3) is 5.91 Å². The fourth-order valence-corrected chi connectivity index (χ4v) is 2.94. The second kappa shape index (κ2) is 8.52. The molecule has 0 unspecified atom stereocenters. The Hall–Kier alpha value is -4.08. The first-order chi connectivity index (χ1) is 14.6. The Bertz CT molecular complexity index is 1150. The van der Waals surface area contributed by atoms with Gasteiger partial charge in [-0.25, -0.2) is 9.97 Å². The van der Waals surface area contributed by atoms with Gasteiger partial charge < -0.3 is 15.2 Å². The number of hydrogen-bond acceptors (Lipinski definition) is 7. The molecule has 2 N–H and O–H groups in total. The summed E-state index contributed by atoms with van der Waals surface area (Å²) in [6, 6.07) is 11.0. The van der Waals surface area contributed by atoms with Crippen molar-refractivity contribution in [2.24, 2.45) is 14.1 Å². The number of carbonyl (C=O) groups excluding carboxylic acids is 1. The van der Waals surface area contributed by atoms with E-state index in [2.05, 4.69) is 35.9 Å². The summed E-state index contributed by atoms with van der Waals surface area (Å²) in [6.07, 6.45) is 4.99. The first kappa shape index (κ1) is 19.2. The van der Waals surface area contributed by atoms with Crippen molar-refractivity contribution in [3.63, 3.8) is 0 Å². The van der Waals surface area contributed by atoms with E-state index in [-0.39, 0.29) is 5.91 Å². The van der Waals surface area contributed by atoms with Gasteiger partial charge in [0.05, 0.1) is 18.8 Å². The van der Waals surface area contributed by atoms with E-state index >= 15 is 0 Å². The molecule has 3 heterocycles. The molecule has 10 heteroatoms. The van der Waals surface area contributed by atoms with Gasteiger partial charge in [-0.3, -0.25) is 9.48 Å². The lowest BCUT2D eigenvalue weighted by Gasteiger charge is -2.09. The maximum Gasteiger partial charge on any atom is 0.251 e. The Morgan fingerprint density at radius 3 is 2.77 bits per heavy atom. The second-order valence-electron chi connectivity index (χ2n) is 6.69. The molecule has 4 rings (SSSR count). The Labute approximate surface area is 173 Å². The molecule has 3 aromatic heterocycles. The van der Waals surface area contributed by atoms with Crippen LogP contribution in [-0.2, 0) is 27.2 Å². The minimum Gasteiger partial charge on any atom is -0.378 e. The molecule has 4 aromatic rings. The highest BCUT2D eigenvalue weighted by Crippen LogP contribution is 2.15. The van der Waals surface area contributed by atoms with Gasteiger partial charge in [0.2, 0.25) is 0 Å². The molecular formula is C20H21N9O. The Kier molecular flexibility index (Phi) is 5.46. The van der Waals surface area contributed by atoms with Crippen molar-refractivity contribution in [3.8, 4) is 11.5 Å². The largest absolute Gasteiger partial charge is 0.378 e. The highest BCUT2D eigenvalue weighted by molar-refractivity contribution is 5.95. The van der Waals surface area contributed by atoms with Crippen LogP contribution in [0.5, 0.6) is 0 Å². The van der Waals surface area contributed by atoms with Crippen molar-refractivity contribution in [2.45, 2.75) is 13.1 Å². The number of benzene rings is 1. The van der Waals surface area contributed by atoms with Crippen molar-refractivity contribution >= 4 is 11.6 Å². The smallest absolute Gasteiger partial charge is 0.251 e. The normalized spacial score (nSPS) is 10.7. The topological polar surface area (TPSA) is 115 Å². The highest BCUT2D eigenvalue weighted by atomic mass is 16.1. The summed E-state index contributed by atoms with van der Waals surface area (Å²) >= 11 is 0. The molecule has 0 aliphatic heterocycles. The van der Waals surface area contributed by atoms with Crippen LogP contribution in [0.2, 0.25) is 0 Å². The van der Waals surface area contributed by atoms with Crippen LogP contribution in [-0.4, -0.2) is 40.4 Å². The average Bonchev–Trinajstić information content (AvgIpc) is 3.36. The fraction of sp³-hybridized carbons (Fsp3) is 0.200. The molecule has 1 amide bonds. The summed E-state index contributed by atoms with van der Waals surface area (Å²) in [5, 5.41) is 18.9. The molecule has 1 aromatic carbocycles. The van der Waals surface area contributed by atoms with Gasteiger partial charge >= 0.3 is 0 Å². The van der Waals surface area contributed by atoms with Crippen LogP contribution in [0, 0.1) is 0 Å². The van der Waals surface area contributed by atoms with Crippen LogP contribution >= 0.6 is 0 Å². The van der Waals surface area contributed by atoms with Gasteiger partial charge in [-0.15, -0.1) is 10.2 Å². The van der Waals surface area contributed by atoms with Gasteiger partial charge in [-0.05, 0) is 30.3 Å². The molecule has 0 spiro atoms. The molecule has 0 radical (unpaired) electrons. The number of nitrogens with zero attached hydrogens (tertiary/aromatic N) is 7. The number of amides is 1. The predicted molar refractivity (Wildman–Crippen MR) is 110 cm³/mol. The van der Waals surface area contributed by atoms with Gasteiger partial charge in [0.1, 0.15) is 12.0 Å². The molecule has 0 saturated heterocycles. The third-order valence-corrected chi connectivity index (χ3v) is 4.55. The predicted octanol–water partition coefficient (Wildman–Crippen LogP) is 1.55. The van der Waals surface area contributed by atoms with Crippen LogP contribution in [0.4, 0.5) is 5.69 Å². The van der Waals surface area contributed by atoms with Gasteiger partial charge in [0, 0.05) is 37.7 Å². The maximum atomic E-state index is 12.5. The van der Waals surface area contributed by atoms with E-state index in [0.717, 1.165) is 17.2 Å². The molecule has 0 fully saturated rings. The molecule has 0 saturated carbocycles. The van der Waals surface area contributed by atoms with Crippen molar-refractivity contribution in [1.29, 1.82) is 0 Å². The first-order valence-corrected chi connectivity index (χ1v) is 9.35.